The predicted molar refractivity (Wildman–Crippen MR) is 259 cm³/mol. The maximum absolute atomic E-state index is 12.7. The summed E-state index contributed by atoms with van der Waals surface area (Å²) in [6.07, 6.45) is 52.8. The first-order chi connectivity index (χ1) is 30.0. The second-order valence-corrected chi connectivity index (χ2v) is 19.6. The summed E-state index contributed by atoms with van der Waals surface area (Å²) in [6.45, 7) is 4.19. The molecule has 0 N–H and O–H groups in total. The van der Waals surface area contributed by atoms with E-state index in [2.05, 4.69) is 62.5 Å². The average Bonchev–Trinajstić information content (AvgIpc) is 3.23. The molecule has 0 aliphatic heterocycles. The Labute approximate surface area is 382 Å². The lowest BCUT2D eigenvalue weighted by molar-refractivity contribution is -0.870. The fourth-order valence-corrected chi connectivity index (χ4v) is 7.56. The molecule has 362 valence electrons. The standard InChI is InChI=1S/C52H96NO8P/c1-6-8-10-12-14-16-18-20-22-24-25-26-27-29-30-32-34-36-38-40-42-44-51(54)58-48-50(49-60-62(56,57)59-47-46-53(3,4)5)61-52(55)45-43-41-39-37-35-33-31-28-23-21-19-17-15-13-11-9-7-2/h15,17,20-23,31,33,50H,6-14,16,18-19,24-30,32,34-49H2,1-5H3/b17-15+,22-20+,23-21+,33-31+/t50-/m1/s1. The summed E-state index contributed by atoms with van der Waals surface area (Å²) in [5, 5.41) is 0. The van der Waals surface area contributed by atoms with E-state index in [0.717, 1.165) is 57.8 Å². The van der Waals surface area contributed by atoms with Crippen molar-refractivity contribution in [2.75, 3.05) is 47.5 Å². The van der Waals surface area contributed by atoms with Crippen molar-refractivity contribution in [3.05, 3.63) is 48.6 Å². The first-order valence-corrected chi connectivity index (χ1v) is 26.8. The zero-order valence-electron chi connectivity index (χ0n) is 40.8. The van der Waals surface area contributed by atoms with E-state index in [-0.39, 0.29) is 32.0 Å². The van der Waals surface area contributed by atoms with Crippen molar-refractivity contribution in [1.29, 1.82) is 0 Å². The Morgan fingerprint density at radius 2 is 0.871 bits per heavy atom. The minimum absolute atomic E-state index is 0.0363. The Morgan fingerprint density at radius 1 is 0.500 bits per heavy atom. The van der Waals surface area contributed by atoms with Gasteiger partial charge in [-0.15, -0.1) is 0 Å². The summed E-state index contributed by atoms with van der Waals surface area (Å²) in [7, 11) is 1.15. The van der Waals surface area contributed by atoms with Crippen LogP contribution in [0.5, 0.6) is 0 Å². The van der Waals surface area contributed by atoms with Gasteiger partial charge in [0.15, 0.2) is 6.10 Å². The van der Waals surface area contributed by atoms with Crippen LogP contribution in [0, 0.1) is 0 Å². The zero-order valence-corrected chi connectivity index (χ0v) is 41.7. The van der Waals surface area contributed by atoms with Gasteiger partial charge in [-0.2, -0.15) is 0 Å². The summed E-state index contributed by atoms with van der Waals surface area (Å²) in [4.78, 5) is 37.7. The van der Waals surface area contributed by atoms with Gasteiger partial charge in [-0.3, -0.25) is 14.2 Å². The van der Waals surface area contributed by atoms with Crippen molar-refractivity contribution in [3.63, 3.8) is 0 Å². The smallest absolute Gasteiger partial charge is 0.306 e. The molecule has 0 fully saturated rings. The molecule has 0 radical (unpaired) electrons. The van der Waals surface area contributed by atoms with Crippen molar-refractivity contribution >= 4 is 19.8 Å². The Bertz CT molecular complexity index is 1190. The number of hydrogen-bond donors (Lipinski definition) is 0. The molecule has 0 saturated heterocycles. The molecule has 0 heterocycles. The van der Waals surface area contributed by atoms with Gasteiger partial charge in [0.25, 0.3) is 7.82 Å². The van der Waals surface area contributed by atoms with Crippen LogP contribution < -0.4 is 4.89 Å². The van der Waals surface area contributed by atoms with Crippen molar-refractivity contribution in [2.45, 2.75) is 225 Å². The van der Waals surface area contributed by atoms with Gasteiger partial charge in [-0.05, 0) is 77.0 Å². The van der Waals surface area contributed by atoms with Crippen molar-refractivity contribution < 1.29 is 42.1 Å². The molecular weight excluding hydrogens is 798 g/mol. The number of hydrogen-bond acceptors (Lipinski definition) is 8. The number of ether oxygens (including phenoxy) is 2. The van der Waals surface area contributed by atoms with Crippen LogP contribution in [0.1, 0.15) is 219 Å². The highest BCUT2D eigenvalue weighted by molar-refractivity contribution is 7.45. The Kier molecular flexibility index (Phi) is 42.7. The largest absolute Gasteiger partial charge is 0.756 e. The molecule has 0 bridgehead atoms. The number of nitrogens with zero attached hydrogens (tertiary/aromatic N) is 1. The average molecular weight is 894 g/mol. The molecule has 62 heavy (non-hydrogen) atoms. The van der Waals surface area contributed by atoms with Crippen LogP contribution in [-0.2, 0) is 32.7 Å². The number of phosphoric ester groups is 1. The Balaban J connectivity index is 4.28. The number of carbonyl (C=O) groups excluding carboxylic acids is 2. The third kappa shape index (κ3) is 47.4. The van der Waals surface area contributed by atoms with Crippen LogP contribution in [-0.4, -0.2) is 70.0 Å². The third-order valence-corrected chi connectivity index (χ3v) is 11.8. The summed E-state index contributed by atoms with van der Waals surface area (Å²) in [5.74, 6) is -0.857. The summed E-state index contributed by atoms with van der Waals surface area (Å²) >= 11 is 0. The van der Waals surface area contributed by atoms with Gasteiger partial charge >= 0.3 is 11.9 Å². The lowest BCUT2D eigenvalue weighted by atomic mass is 10.0. The molecule has 0 rings (SSSR count). The molecule has 0 aromatic rings. The predicted octanol–water partition coefficient (Wildman–Crippen LogP) is 14.4. The van der Waals surface area contributed by atoms with E-state index in [9.17, 15) is 19.0 Å². The van der Waals surface area contributed by atoms with Gasteiger partial charge in [-0.25, -0.2) is 0 Å². The fourth-order valence-electron chi connectivity index (χ4n) is 6.83. The second-order valence-electron chi connectivity index (χ2n) is 18.2. The lowest BCUT2D eigenvalue weighted by Gasteiger charge is -2.28. The van der Waals surface area contributed by atoms with Gasteiger partial charge in [-0.1, -0.05) is 178 Å². The first-order valence-electron chi connectivity index (χ1n) is 25.3. The number of rotatable bonds is 46. The maximum Gasteiger partial charge on any atom is 0.306 e. The van der Waals surface area contributed by atoms with Crippen LogP contribution >= 0.6 is 7.82 Å². The van der Waals surface area contributed by atoms with Gasteiger partial charge < -0.3 is 27.9 Å². The van der Waals surface area contributed by atoms with Crippen LogP contribution in [0.15, 0.2) is 48.6 Å². The van der Waals surface area contributed by atoms with Gasteiger partial charge in [0.05, 0.1) is 27.7 Å². The summed E-state index contributed by atoms with van der Waals surface area (Å²) in [6, 6.07) is 0. The lowest BCUT2D eigenvalue weighted by Crippen LogP contribution is -2.37. The molecule has 0 spiro atoms. The van der Waals surface area contributed by atoms with Crippen LogP contribution in [0.3, 0.4) is 0 Å². The highest BCUT2D eigenvalue weighted by Crippen LogP contribution is 2.38. The molecule has 0 saturated carbocycles. The van der Waals surface area contributed by atoms with Crippen LogP contribution in [0.4, 0.5) is 0 Å². The van der Waals surface area contributed by atoms with E-state index in [1.54, 1.807) is 0 Å². The van der Waals surface area contributed by atoms with Crippen molar-refractivity contribution in [3.8, 4) is 0 Å². The van der Waals surface area contributed by atoms with E-state index in [4.69, 9.17) is 18.5 Å². The van der Waals surface area contributed by atoms with E-state index in [1.165, 1.54) is 128 Å². The highest BCUT2D eigenvalue weighted by Gasteiger charge is 2.21. The minimum Gasteiger partial charge on any atom is -0.756 e. The fraction of sp³-hybridized carbons (Fsp3) is 0.808. The number of allylic oxidation sites excluding steroid dienone is 8. The first kappa shape index (κ1) is 60.0. The minimum atomic E-state index is -4.64. The molecule has 0 aliphatic carbocycles. The molecule has 0 aromatic heterocycles. The van der Waals surface area contributed by atoms with Crippen LogP contribution in [0.25, 0.3) is 0 Å². The van der Waals surface area contributed by atoms with Gasteiger partial charge in [0.1, 0.15) is 19.8 Å². The number of unbranched alkanes of at least 4 members (excludes halogenated alkanes) is 24. The molecule has 0 aromatic carbocycles. The third-order valence-electron chi connectivity index (χ3n) is 10.8. The van der Waals surface area contributed by atoms with E-state index in [1.807, 2.05) is 21.1 Å². The molecule has 0 aliphatic rings. The number of quaternary nitrogens is 1. The summed E-state index contributed by atoms with van der Waals surface area (Å²) < 4.78 is 34.0. The maximum atomic E-state index is 12.7. The molecule has 0 amide bonds. The topological polar surface area (TPSA) is 111 Å². The number of phosphoric acid groups is 1. The molecular formula is C52H96NO8P. The van der Waals surface area contributed by atoms with Crippen LogP contribution in [0.2, 0.25) is 0 Å². The number of carbonyl (C=O) groups is 2. The highest BCUT2D eigenvalue weighted by atomic mass is 31.2. The summed E-state index contributed by atoms with van der Waals surface area (Å²) in [5.41, 5.74) is 0. The zero-order chi connectivity index (χ0) is 45.7. The number of likely N-dealkylation sites (N-methyl/N-ethyl adjacent to an activating group) is 1. The molecule has 1 unspecified atom stereocenters. The number of esters is 2. The molecule has 10 heteroatoms. The van der Waals surface area contributed by atoms with Gasteiger partial charge in [0, 0.05) is 12.8 Å². The van der Waals surface area contributed by atoms with Crippen molar-refractivity contribution in [1.82, 2.24) is 0 Å². The normalized spacial score (nSPS) is 13.8. The second kappa shape index (κ2) is 44.2. The SMILES string of the molecule is CCCCC/C=C/C/C=C/C/C=C/CCCCCCC(=O)O[C@H](COC(=O)CCCCCCCCCCCCC/C=C/CCCCCCCC)COP(=O)([O-])OCC[N+](C)(C)C. The van der Waals surface area contributed by atoms with E-state index in [0.29, 0.717) is 17.4 Å². The van der Waals surface area contributed by atoms with E-state index < -0.39 is 26.5 Å². The molecule has 2 atom stereocenters. The Hall–Kier alpha value is -2.03. The van der Waals surface area contributed by atoms with Crippen molar-refractivity contribution in [2.24, 2.45) is 0 Å². The van der Waals surface area contributed by atoms with E-state index >= 15 is 0 Å². The van der Waals surface area contributed by atoms with Gasteiger partial charge in [0.2, 0.25) is 0 Å². The quantitative estimate of drug-likeness (QED) is 0.0195. The monoisotopic (exact) mass is 894 g/mol. The Morgan fingerprint density at radius 3 is 1.34 bits per heavy atom. The molecule has 9 nitrogen and oxygen atoms in total.